The zero-order chi connectivity index (χ0) is 14.9. The van der Waals surface area contributed by atoms with Gasteiger partial charge in [0.15, 0.2) is 0 Å². The lowest BCUT2D eigenvalue weighted by molar-refractivity contribution is -0.130. The van der Waals surface area contributed by atoms with Crippen LogP contribution in [0.25, 0.3) is 0 Å². The zero-order valence-corrected chi connectivity index (χ0v) is 15.0. The Morgan fingerprint density at radius 2 is 1.83 bits per heavy atom. The van der Waals surface area contributed by atoms with E-state index in [2.05, 4.69) is 34.5 Å². The average molecular weight is 353 g/mol. The number of halogens is 1. The predicted octanol–water partition coefficient (Wildman–Crippen LogP) is 2.90. The third-order valence-electron chi connectivity index (χ3n) is 5.55. The Hall–Kier alpha value is -0.710. The normalized spacial score (nSPS) is 29.9. The number of thioether (sulfide) groups is 1. The Balaban J connectivity index is 0.00000156. The Morgan fingerprint density at radius 3 is 2.57 bits per heavy atom. The summed E-state index contributed by atoms with van der Waals surface area (Å²) in [5.41, 5.74) is 2.63. The van der Waals surface area contributed by atoms with E-state index in [1.807, 2.05) is 11.8 Å². The SMILES string of the molecule is Cl.O=C(C1SCCc2ccccc21)N1CC[C@@H]2CNC[C@@H]2CC1. The van der Waals surface area contributed by atoms with Gasteiger partial charge in [-0.2, -0.15) is 0 Å². The van der Waals surface area contributed by atoms with Gasteiger partial charge in [0.05, 0.1) is 0 Å². The Morgan fingerprint density at radius 1 is 1.13 bits per heavy atom. The lowest BCUT2D eigenvalue weighted by Crippen LogP contribution is -2.36. The van der Waals surface area contributed by atoms with E-state index in [1.165, 1.54) is 24.0 Å². The van der Waals surface area contributed by atoms with Gasteiger partial charge in [-0.05, 0) is 61.1 Å². The fraction of sp³-hybridized carbons (Fsp3) is 0.611. The number of aryl methyl sites for hydroxylation is 1. The van der Waals surface area contributed by atoms with Crippen LogP contribution in [0.2, 0.25) is 0 Å². The first-order valence-corrected chi connectivity index (χ1v) is 9.57. The van der Waals surface area contributed by atoms with E-state index in [0.29, 0.717) is 5.91 Å². The molecule has 3 nitrogen and oxygen atoms in total. The Kier molecular flexibility index (Phi) is 5.55. The summed E-state index contributed by atoms with van der Waals surface area (Å²) >= 11 is 1.83. The number of likely N-dealkylation sites (tertiary alicyclic amines) is 1. The van der Waals surface area contributed by atoms with E-state index < -0.39 is 0 Å². The zero-order valence-electron chi connectivity index (χ0n) is 13.4. The molecule has 4 rings (SSSR count). The van der Waals surface area contributed by atoms with E-state index in [9.17, 15) is 4.79 Å². The van der Waals surface area contributed by atoms with Gasteiger partial charge in [0.1, 0.15) is 5.25 Å². The minimum Gasteiger partial charge on any atom is -0.341 e. The van der Waals surface area contributed by atoms with E-state index in [-0.39, 0.29) is 17.7 Å². The third kappa shape index (κ3) is 3.40. The Labute approximate surface area is 149 Å². The molecule has 0 aromatic heterocycles. The molecule has 2 fully saturated rings. The summed E-state index contributed by atoms with van der Waals surface area (Å²) in [5, 5.41) is 3.53. The molecule has 1 amide bonds. The molecule has 0 spiro atoms. The number of hydrogen-bond donors (Lipinski definition) is 1. The first kappa shape index (κ1) is 17.1. The maximum Gasteiger partial charge on any atom is 0.240 e. The maximum absolute atomic E-state index is 13.1. The van der Waals surface area contributed by atoms with E-state index in [4.69, 9.17) is 0 Å². The maximum atomic E-state index is 13.1. The number of nitrogens with zero attached hydrogens (tertiary/aromatic N) is 1. The second-order valence-electron chi connectivity index (χ2n) is 6.78. The highest BCUT2D eigenvalue weighted by atomic mass is 35.5. The van der Waals surface area contributed by atoms with Crippen LogP contribution in [-0.2, 0) is 11.2 Å². The lowest BCUT2D eigenvalue weighted by Gasteiger charge is -2.30. The van der Waals surface area contributed by atoms with Gasteiger partial charge in [0, 0.05) is 13.1 Å². The second kappa shape index (κ2) is 7.45. The number of hydrogen-bond acceptors (Lipinski definition) is 3. The van der Waals surface area contributed by atoms with Crippen molar-refractivity contribution in [3.05, 3.63) is 35.4 Å². The summed E-state index contributed by atoms with van der Waals surface area (Å²) in [6.45, 7) is 4.18. The summed E-state index contributed by atoms with van der Waals surface area (Å²) in [6.07, 6.45) is 3.44. The summed E-state index contributed by atoms with van der Waals surface area (Å²) in [7, 11) is 0. The highest BCUT2D eigenvalue weighted by Crippen LogP contribution is 2.39. The molecule has 3 heterocycles. The topological polar surface area (TPSA) is 32.3 Å². The van der Waals surface area contributed by atoms with Crippen molar-refractivity contribution in [2.75, 3.05) is 31.9 Å². The lowest BCUT2D eigenvalue weighted by atomic mass is 9.92. The molecule has 5 heteroatoms. The molecule has 3 atom stereocenters. The third-order valence-corrected chi connectivity index (χ3v) is 6.78. The van der Waals surface area contributed by atoms with Crippen LogP contribution in [0.3, 0.4) is 0 Å². The fourth-order valence-corrected chi connectivity index (χ4v) is 5.48. The molecular weight excluding hydrogens is 328 g/mol. The molecular formula is C18H25ClN2OS. The largest absolute Gasteiger partial charge is 0.341 e. The van der Waals surface area contributed by atoms with E-state index in [1.54, 1.807) is 0 Å². The number of carbonyl (C=O) groups is 1. The summed E-state index contributed by atoms with van der Waals surface area (Å²) in [5.74, 6) is 2.98. The average Bonchev–Trinajstić information content (AvgIpc) is 2.92. The smallest absolute Gasteiger partial charge is 0.240 e. The van der Waals surface area contributed by atoms with Crippen molar-refractivity contribution >= 4 is 30.1 Å². The minimum atomic E-state index is 0. The van der Waals surface area contributed by atoms with Gasteiger partial charge >= 0.3 is 0 Å². The fourth-order valence-electron chi connectivity index (χ4n) is 4.20. The molecule has 1 unspecified atom stereocenters. The molecule has 2 saturated heterocycles. The molecule has 1 aromatic rings. The molecule has 1 N–H and O–H groups in total. The van der Waals surface area contributed by atoms with Crippen molar-refractivity contribution in [3.63, 3.8) is 0 Å². The molecule has 0 saturated carbocycles. The van der Waals surface area contributed by atoms with Crippen LogP contribution < -0.4 is 5.32 Å². The predicted molar refractivity (Wildman–Crippen MR) is 98.3 cm³/mol. The van der Waals surface area contributed by atoms with Crippen molar-refractivity contribution < 1.29 is 4.79 Å². The van der Waals surface area contributed by atoms with Gasteiger partial charge in [-0.15, -0.1) is 24.2 Å². The standard InChI is InChI=1S/C18H24N2OS.ClH/c21-18(17-16-4-2-1-3-13(16)7-10-22-17)20-8-5-14-11-19-12-15(14)6-9-20;/h1-4,14-15,17,19H,5-12H2;1H/t14-,15+,17?;. The number of benzene rings is 1. The quantitative estimate of drug-likeness (QED) is 0.843. The van der Waals surface area contributed by atoms with Crippen LogP contribution in [-0.4, -0.2) is 42.7 Å². The van der Waals surface area contributed by atoms with Gasteiger partial charge in [-0.25, -0.2) is 0 Å². The van der Waals surface area contributed by atoms with E-state index in [0.717, 1.165) is 50.2 Å². The Bertz CT molecular complexity index is 554. The molecule has 0 bridgehead atoms. The van der Waals surface area contributed by atoms with Gasteiger partial charge in [-0.3, -0.25) is 4.79 Å². The van der Waals surface area contributed by atoms with Crippen molar-refractivity contribution in [3.8, 4) is 0 Å². The number of nitrogens with one attached hydrogen (secondary N) is 1. The summed E-state index contributed by atoms with van der Waals surface area (Å²) < 4.78 is 0. The van der Waals surface area contributed by atoms with Crippen LogP contribution in [0.15, 0.2) is 24.3 Å². The van der Waals surface area contributed by atoms with Crippen LogP contribution in [0.4, 0.5) is 0 Å². The van der Waals surface area contributed by atoms with Crippen LogP contribution >= 0.6 is 24.2 Å². The highest BCUT2D eigenvalue weighted by Gasteiger charge is 2.35. The second-order valence-corrected chi connectivity index (χ2v) is 7.99. The van der Waals surface area contributed by atoms with Gasteiger partial charge in [0.2, 0.25) is 5.91 Å². The molecule has 126 valence electrons. The number of amides is 1. The highest BCUT2D eigenvalue weighted by molar-refractivity contribution is 8.00. The van der Waals surface area contributed by atoms with Gasteiger partial charge < -0.3 is 10.2 Å². The molecule has 0 aliphatic carbocycles. The van der Waals surface area contributed by atoms with Crippen molar-refractivity contribution in [2.24, 2.45) is 11.8 Å². The van der Waals surface area contributed by atoms with Crippen molar-refractivity contribution in [1.29, 1.82) is 0 Å². The molecule has 3 aliphatic rings. The monoisotopic (exact) mass is 352 g/mol. The summed E-state index contributed by atoms with van der Waals surface area (Å²) in [6, 6.07) is 8.51. The number of carbonyl (C=O) groups excluding carboxylic acids is 1. The number of rotatable bonds is 1. The van der Waals surface area contributed by atoms with Crippen LogP contribution in [0.1, 0.15) is 29.2 Å². The molecule has 3 aliphatic heterocycles. The number of fused-ring (bicyclic) bond motifs is 2. The minimum absolute atomic E-state index is 0. The van der Waals surface area contributed by atoms with E-state index >= 15 is 0 Å². The van der Waals surface area contributed by atoms with Crippen molar-refractivity contribution in [2.45, 2.75) is 24.5 Å². The first-order valence-electron chi connectivity index (χ1n) is 8.52. The molecule has 23 heavy (non-hydrogen) atoms. The summed E-state index contributed by atoms with van der Waals surface area (Å²) in [4.78, 5) is 15.2. The molecule has 1 aromatic carbocycles. The molecule has 0 radical (unpaired) electrons. The van der Waals surface area contributed by atoms with Crippen LogP contribution in [0.5, 0.6) is 0 Å². The van der Waals surface area contributed by atoms with Gasteiger partial charge in [0.25, 0.3) is 0 Å². The van der Waals surface area contributed by atoms with Crippen molar-refractivity contribution in [1.82, 2.24) is 10.2 Å². The first-order chi connectivity index (χ1) is 10.8. The van der Waals surface area contributed by atoms with Crippen LogP contribution in [0, 0.1) is 11.8 Å². The van der Waals surface area contributed by atoms with Gasteiger partial charge in [-0.1, -0.05) is 24.3 Å².